The van der Waals surface area contributed by atoms with E-state index in [1.165, 1.54) is 19.2 Å². The van der Waals surface area contributed by atoms with Gasteiger partial charge in [-0.25, -0.2) is 0 Å². The number of nitrogens with one attached hydrogen (secondary N) is 1. The van der Waals surface area contributed by atoms with Crippen molar-refractivity contribution in [1.82, 2.24) is 19.6 Å². The van der Waals surface area contributed by atoms with E-state index < -0.39 is 21.1 Å². The van der Waals surface area contributed by atoms with Crippen LogP contribution in [0.15, 0.2) is 29.4 Å². The smallest absolute Gasteiger partial charge is 0.322 e. The molecule has 0 aliphatic carbocycles. The number of hydrogen-bond donors (Lipinski definition) is 1. The molecule has 0 radical (unpaired) electrons. The van der Waals surface area contributed by atoms with Crippen molar-refractivity contribution in [2.24, 2.45) is 0 Å². The molecule has 0 saturated heterocycles. The maximum atomic E-state index is 13.4. The minimum absolute atomic E-state index is 0.0176. The summed E-state index contributed by atoms with van der Waals surface area (Å²) >= 11 is 11.9. The lowest BCUT2D eigenvalue weighted by Gasteiger charge is -2.08. The third kappa shape index (κ3) is 2.95. The number of fused-ring (bicyclic) bond motifs is 1. The van der Waals surface area contributed by atoms with Crippen molar-refractivity contribution >= 4 is 44.6 Å². The fourth-order valence-electron chi connectivity index (χ4n) is 1.84. The lowest BCUT2D eigenvalue weighted by Crippen LogP contribution is -2.15. The van der Waals surface area contributed by atoms with Crippen LogP contribution in [0.4, 0.5) is 10.1 Å². The maximum absolute atomic E-state index is 13.4. The fraction of sp³-hybridized carbons (Fsp3) is 0.0833. The van der Waals surface area contributed by atoms with E-state index in [2.05, 4.69) is 19.8 Å². The molecule has 3 rings (SSSR count). The minimum Gasteiger partial charge on any atom is -0.467 e. The van der Waals surface area contributed by atoms with Gasteiger partial charge in [-0.05, 0) is 12.1 Å². The molecule has 12 heteroatoms. The van der Waals surface area contributed by atoms with E-state index in [4.69, 9.17) is 27.9 Å². The van der Waals surface area contributed by atoms with Crippen LogP contribution < -0.4 is 9.46 Å². The van der Waals surface area contributed by atoms with Crippen LogP contribution in [0.25, 0.3) is 5.65 Å². The zero-order valence-electron chi connectivity index (χ0n) is 11.9. The number of halogens is 3. The van der Waals surface area contributed by atoms with Crippen LogP contribution in [0.3, 0.4) is 0 Å². The number of methoxy groups -OCH3 is 1. The van der Waals surface area contributed by atoms with E-state index in [1.54, 1.807) is 6.07 Å². The van der Waals surface area contributed by atoms with Crippen LogP contribution in [0.5, 0.6) is 6.01 Å². The summed E-state index contributed by atoms with van der Waals surface area (Å²) in [6, 6.07) is 5.15. The third-order valence-electron chi connectivity index (χ3n) is 2.87. The molecular formula is C12H8Cl2FN5O3S. The quantitative estimate of drug-likeness (QED) is 0.685. The van der Waals surface area contributed by atoms with Gasteiger partial charge in [-0.2, -0.15) is 27.3 Å². The van der Waals surface area contributed by atoms with Gasteiger partial charge in [0.25, 0.3) is 15.2 Å². The molecule has 2 heterocycles. The largest absolute Gasteiger partial charge is 0.467 e. The third-order valence-corrected chi connectivity index (χ3v) is 4.62. The van der Waals surface area contributed by atoms with E-state index in [-0.39, 0.29) is 27.4 Å². The molecule has 0 aliphatic heterocycles. The van der Waals surface area contributed by atoms with Crippen molar-refractivity contribution < 1.29 is 17.5 Å². The minimum atomic E-state index is -4.23. The van der Waals surface area contributed by atoms with E-state index in [1.807, 2.05) is 0 Å². The molecule has 1 N–H and O–H groups in total. The first-order chi connectivity index (χ1) is 11.3. The van der Waals surface area contributed by atoms with Gasteiger partial charge in [0.05, 0.1) is 22.8 Å². The van der Waals surface area contributed by atoms with Gasteiger partial charge >= 0.3 is 6.01 Å². The Labute approximate surface area is 145 Å². The van der Waals surface area contributed by atoms with Gasteiger partial charge in [0.15, 0.2) is 5.65 Å². The number of ether oxygens (including phenoxy) is 1. The molecule has 0 fully saturated rings. The molecule has 8 nitrogen and oxygen atoms in total. The molecule has 0 bridgehead atoms. The predicted octanol–water partition coefficient (Wildman–Crippen LogP) is 2.38. The summed E-state index contributed by atoms with van der Waals surface area (Å²) in [6.07, 6.45) is 0. The summed E-state index contributed by atoms with van der Waals surface area (Å²) in [5.41, 5.74) is -0.110. The lowest BCUT2D eigenvalue weighted by atomic mass is 10.3. The topological polar surface area (TPSA) is 98.5 Å². The summed E-state index contributed by atoms with van der Waals surface area (Å²) in [5.74, 6) is -0.891. The number of aromatic nitrogens is 4. The number of benzene rings is 1. The van der Waals surface area contributed by atoms with E-state index >= 15 is 0 Å². The molecule has 1 aromatic carbocycles. The monoisotopic (exact) mass is 391 g/mol. The zero-order chi connectivity index (χ0) is 17.5. The molecule has 2 aromatic heterocycles. The summed E-state index contributed by atoms with van der Waals surface area (Å²) in [7, 11) is -2.99. The highest BCUT2D eigenvalue weighted by molar-refractivity contribution is 7.92. The maximum Gasteiger partial charge on any atom is 0.322 e. The van der Waals surface area contributed by atoms with Crippen molar-refractivity contribution in [2.45, 2.75) is 5.16 Å². The first kappa shape index (κ1) is 16.7. The van der Waals surface area contributed by atoms with Crippen LogP contribution in [-0.2, 0) is 10.0 Å². The number of hydrogen-bond acceptors (Lipinski definition) is 6. The van der Waals surface area contributed by atoms with Crippen molar-refractivity contribution in [3.8, 4) is 6.01 Å². The van der Waals surface area contributed by atoms with Gasteiger partial charge in [0, 0.05) is 6.07 Å². The zero-order valence-corrected chi connectivity index (χ0v) is 14.2. The predicted molar refractivity (Wildman–Crippen MR) is 84.6 cm³/mol. The Kier molecular flexibility index (Phi) is 4.20. The average Bonchev–Trinajstić information content (AvgIpc) is 2.95. The normalized spacial score (nSPS) is 11.7. The van der Waals surface area contributed by atoms with Crippen molar-refractivity contribution in [3.05, 3.63) is 40.3 Å². The van der Waals surface area contributed by atoms with Gasteiger partial charge in [-0.1, -0.05) is 29.3 Å². The second kappa shape index (κ2) is 6.04. The summed E-state index contributed by atoms with van der Waals surface area (Å²) < 4.78 is 46.2. The van der Waals surface area contributed by atoms with E-state index in [0.29, 0.717) is 0 Å². The summed E-state index contributed by atoms with van der Waals surface area (Å²) in [4.78, 5) is 7.21. The fourth-order valence-corrected chi connectivity index (χ4v) is 3.42. The first-order valence-electron chi connectivity index (χ1n) is 6.26. The molecule has 0 atom stereocenters. The average molecular weight is 392 g/mol. The standard InChI is InChI=1S/C12H8Cl2FN5O3S/c1-23-12-16-8(15)5-9-17-11(18-20(9)12)24(21,22)19-10-6(13)3-2-4-7(10)14/h2-5,19H,1H3. The number of nitrogens with zero attached hydrogens (tertiary/aromatic N) is 4. The summed E-state index contributed by atoms with van der Waals surface area (Å²) in [6.45, 7) is 0. The van der Waals surface area contributed by atoms with Gasteiger partial charge in [0.2, 0.25) is 5.95 Å². The molecule has 24 heavy (non-hydrogen) atoms. The number of sulfonamides is 1. The highest BCUT2D eigenvalue weighted by Gasteiger charge is 2.24. The molecular weight excluding hydrogens is 384 g/mol. The van der Waals surface area contributed by atoms with Gasteiger partial charge < -0.3 is 4.74 Å². The van der Waals surface area contributed by atoms with Crippen LogP contribution in [0, 0.1) is 5.95 Å². The van der Waals surface area contributed by atoms with Crippen LogP contribution in [-0.4, -0.2) is 35.1 Å². The molecule has 0 spiro atoms. The number of anilines is 1. The number of rotatable bonds is 4. The number of para-hydroxylation sites is 1. The van der Waals surface area contributed by atoms with Crippen LogP contribution in [0.1, 0.15) is 0 Å². The Morgan fingerprint density at radius 1 is 1.25 bits per heavy atom. The Morgan fingerprint density at radius 3 is 2.54 bits per heavy atom. The van der Waals surface area contributed by atoms with Crippen LogP contribution >= 0.6 is 23.2 Å². The lowest BCUT2D eigenvalue weighted by molar-refractivity contribution is 0.356. The Balaban J connectivity index is 2.09. The van der Waals surface area contributed by atoms with Crippen molar-refractivity contribution in [2.75, 3.05) is 11.8 Å². The molecule has 3 aromatic rings. The molecule has 126 valence electrons. The second-order valence-electron chi connectivity index (χ2n) is 4.43. The Hall–Kier alpha value is -2.17. The molecule has 0 saturated carbocycles. The van der Waals surface area contributed by atoms with Gasteiger partial charge in [-0.15, -0.1) is 5.10 Å². The Bertz CT molecular complexity index is 1020. The SMILES string of the molecule is COc1nc(F)cc2nc(S(=O)(=O)Nc3c(Cl)cccc3Cl)nn12. The second-order valence-corrected chi connectivity index (χ2v) is 6.82. The van der Waals surface area contributed by atoms with Crippen LogP contribution in [0.2, 0.25) is 10.0 Å². The van der Waals surface area contributed by atoms with Crippen molar-refractivity contribution in [3.63, 3.8) is 0 Å². The van der Waals surface area contributed by atoms with Gasteiger partial charge in [0.1, 0.15) is 0 Å². The van der Waals surface area contributed by atoms with Gasteiger partial charge in [-0.3, -0.25) is 4.72 Å². The Morgan fingerprint density at radius 2 is 1.92 bits per heavy atom. The van der Waals surface area contributed by atoms with E-state index in [9.17, 15) is 12.8 Å². The highest BCUT2D eigenvalue weighted by atomic mass is 35.5. The van der Waals surface area contributed by atoms with Crippen molar-refractivity contribution in [1.29, 1.82) is 0 Å². The highest BCUT2D eigenvalue weighted by Crippen LogP contribution is 2.31. The molecule has 0 unspecified atom stereocenters. The van der Waals surface area contributed by atoms with E-state index in [0.717, 1.165) is 10.6 Å². The molecule has 0 aliphatic rings. The summed E-state index contributed by atoms with van der Waals surface area (Å²) in [5, 5.41) is 3.34. The first-order valence-corrected chi connectivity index (χ1v) is 8.50. The molecule has 0 amide bonds.